The fourth-order valence-electron chi connectivity index (χ4n) is 3.09. The molecule has 128 valence electrons. The minimum absolute atomic E-state index is 0.227. The van der Waals surface area contributed by atoms with Crippen molar-refractivity contribution in [2.24, 2.45) is 0 Å². The van der Waals surface area contributed by atoms with Gasteiger partial charge in [-0.3, -0.25) is 4.98 Å². The summed E-state index contributed by atoms with van der Waals surface area (Å²) >= 11 is 6.42. The maximum Gasteiger partial charge on any atom is 0.107 e. The quantitative estimate of drug-likeness (QED) is 0.545. The topological polar surface area (TPSA) is 70.2 Å². The van der Waals surface area contributed by atoms with Gasteiger partial charge in [-0.15, -0.1) is 0 Å². The molecule has 0 amide bonds. The van der Waals surface area contributed by atoms with Crippen LogP contribution in [-0.2, 0) is 6.42 Å². The molecule has 5 nitrogen and oxygen atoms in total. The van der Waals surface area contributed by atoms with Crippen molar-refractivity contribution in [2.75, 3.05) is 0 Å². The Morgan fingerprint density at radius 3 is 2.72 bits per heavy atom. The average molecular weight is 354 g/mol. The van der Waals surface area contributed by atoms with E-state index in [1.807, 2.05) is 18.3 Å². The molecule has 3 heterocycles. The van der Waals surface area contributed by atoms with Crippen LogP contribution in [0.15, 0.2) is 30.7 Å². The monoisotopic (exact) mass is 353 g/mol. The number of nitrogens with one attached hydrogen (secondary N) is 2. The molecule has 0 aliphatic rings. The molecule has 1 atom stereocenters. The van der Waals surface area contributed by atoms with Gasteiger partial charge in [0.1, 0.15) is 11.3 Å². The lowest BCUT2D eigenvalue weighted by Crippen LogP contribution is -2.02. The summed E-state index contributed by atoms with van der Waals surface area (Å²) in [6, 6.07) is 6.18. The fourth-order valence-corrected chi connectivity index (χ4v) is 3.36. The molecule has 4 aromatic rings. The van der Waals surface area contributed by atoms with E-state index in [-0.39, 0.29) is 5.92 Å². The van der Waals surface area contributed by atoms with Crippen LogP contribution in [0.1, 0.15) is 49.7 Å². The first kappa shape index (κ1) is 16.1. The zero-order chi connectivity index (χ0) is 17.6. The van der Waals surface area contributed by atoms with Crippen LogP contribution in [-0.4, -0.2) is 24.9 Å². The van der Waals surface area contributed by atoms with Crippen molar-refractivity contribution in [2.45, 2.75) is 39.0 Å². The Bertz CT molecular complexity index is 1050. The number of hydrogen-bond acceptors (Lipinski definition) is 3. The molecule has 6 heteroatoms. The zero-order valence-corrected chi connectivity index (χ0v) is 15.2. The third kappa shape index (κ3) is 3.00. The van der Waals surface area contributed by atoms with E-state index in [0.717, 1.165) is 40.0 Å². The molecule has 1 unspecified atom stereocenters. The van der Waals surface area contributed by atoms with Crippen LogP contribution in [0.3, 0.4) is 0 Å². The SMILES string of the molecule is CC(C)c1cc(Cl)c2nc(CC(C)c3cc4nc[nH]c4cn3)[nH]c2c1. The maximum atomic E-state index is 6.42. The Morgan fingerprint density at radius 1 is 1.08 bits per heavy atom. The number of rotatable bonds is 4. The van der Waals surface area contributed by atoms with Gasteiger partial charge in [-0.1, -0.05) is 32.4 Å². The molecule has 0 radical (unpaired) electrons. The second-order valence-electron chi connectivity index (χ2n) is 6.87. The van der Waals surface area contributed by atoms with Gasteiger partial charge in [0, 0.05) is 18.0 Å². The highest BCUT2D eigenvalue weighted by Crippen LogP contribution is 2.28. The van der Waals surface area contributed by atoms with E-state index in [9.17, 15) is 0 Å². The van der Waals surface area contributed by atoms with Gasteiger partial charge in [-0.25, -0.2) is 9.97 Å². The molecule has 0 fully saturated rings. The molecule has 0 aliphatic heterocycles. The van der Waals surface area contributed by atoms with Crippen LogP contribution in [0.2, 0.25) is 5.02 Å². The van der Waals surface area contributed by atoms with Crippen molar-refractivity contribution in [3.8, 4) is 0 Å². The van der Waals surface area contributed by atoms with Crippen LogP contribution in [0.4, 0.5) is 0 Å². The minimum Gasteiger partial charge on any atom is -0.343 e. The maximum absolute atomic E-state index is 6.42. The van der Waals surface area contributed by atoms with Crippen molar-refractivity contribution >= 4 is 33.7 Å². The number of pyridine rings is 1. The van der Waals surface area contributed by atoms with Crippen molar-refractivity contribution in [1.29, 1.82) is 0 Å². The highest BCUT2D eigenvalue weighted by atomic mass is 35.5. The highest BCUT2D eigenvalue weighted by molar-refractivity contribution is 6.35. The number of aromatic nitrogens is 5. The third-order valence-corrected chi connectivity index (χ3v) is 4.90. The number of halogens is 1. The second kappa shape index (κ2) is 6.15. The molecule has 25 heavy (non-hydrogen) atoms. The van der Waals surface area contributed by atoms with Gasteiger partial charge in [0.25, 0.3) is 0 Å². The summed E-state index contributed by atoms with van der Waals surface area (Å²) < 4.78 is 0. The van der Waals surface area contributed by atoms with Gasteiger partial charge < -0.3 is 9.97 Å². The molecule has 2 N–H and O–H groups in total. The van der Waals surface area contributed by atoms with Gasteiger partial charge in [0.2, 0.25) is 0 Å². The first-order valence-electron chi connectivity index (χ1n) is 8.48. The number of H-pyrrole nitrogens is 2. The summed E-state index contributed by atoms with van der Waals surface area (Å²) in [7, 11) is 0. The zero-order valence-electron chi connectivity index (χ0n) is 14.5. The minimum atomic E-state index is 0.227. The smallest absolute Gasteiger partial charge is 0.107 e. The van der Waals surface area contributed by atoms with Crippen molar-refractivity contribution < 1.29 is 0 Å². The molecule has 0 saturated carbocycles. The Labute approximate surface area is 150 Å². The predicted molar refractivity (Wildman–Crippen MR) is 101 cm³/mol. The van der Waals surface area contributed by atoms with E-state index in [2.05, 4.69) is 46.8 Å². The van der Waals surface area contributed by atoms with Crippen LogP contribution >= 0.6 is 11.6 Å². The number of hydrogen-bond donors (Lipinski definition) is 2. The van der Waals surface area contributed by atoms with Crippen molar-refractivity contribution in [1.82, 2.24) is 24.9 Å². The summed E-state index contributed by atoms with van der Waals surface area (Å²) in [6.07, 6.45) is 4.29. The first-order valence-corrected chi connectivity index (χ1v) is 8.86. The standard InChI is InChI=1S/C19H20ClN5/c1-10(2)12-5-13(20)19-16(6-12)24-18(25-19)4-11(3)14-7-15-17(8-21-14)23-9-22-15/h5-11H,4H2,1-3H3,(H,22,23)(H,24,25). The Hall–Kier alpha value is -2.40. The highest BCUT2D eigenvalue weighted by Gasteiger charge is 2.15. The van der Waals surface area contributed by atoms with Crippen molar-refractivity contribution in [3.05, 3.63) is 52.8 Å². The van der Waals surface area contributed by atoms with Crippen molar-refractivity contribution in [3.63, 3.8) is 0 Å². The van der Waals surface area contributed by atoms with E-state index >= 15 is 0 Å². The Balaban J connectivity index is 1.64. The van der Waals surface area contributed by atoms with E-state index in [1.54, 1.807) is 6.33 Å². The second-order valence-corrected chi connectivity index (χ2v) is 7.28. The molecule has 0 bridgehead atoms. The fraction of sp³-hybridized carbons (Fsp3) is 0.316. The summed E-state index contributed by atoms with van der Waals surface area (Å²) in [5.74, 6) is 1.58. The largest absolute Gasteiger partial charge is 0.343 e. The van der Waals surface area contributed by atoms with E-state index in [1.165, 1.54) is 5.56 Å². The molecule has 4 rings (SSSR count). The van der Waals surface area contributed by atoms with Crippen LogP contribution in [0, 0.1) is 0 Å². The van der Waals surface area contributed by atoms with Gasteiger partial charge in [-0.05, 0) is 29.7 Å². The first-order chi connectivity index (χ1) is 12.0. The summed E-state index contributed by atoms with van der Waals surface area (Å²) in [5, 5.41) is 0.701. The van der Waals surface area contributed by atoms with Gasteiger partial charge in [-0.2, -0.15) is 0 Å². The van der Waals surface area contributed by atoms with E-state index in [4.69, 9.17) is 16.6 Å². The Morgan fingerprint density at radius 2 is 1.92 bits per heavy atom. The lowest BCUT2D eigenvalue weighted by Gasteiger charge is -2.08. The van der Waals surface area contributed by atoms with Crippen LogP contribution in [0.5, 0.6) is 0 Å². The van der Waals surface area contributed by atoms with Gasteiger partial charge in [0.15, 0.2) is 0 Å². The predicted octanol–water partition coefficient (Wildman–Crippen LogP) is 4.96. The molecule has 1 aromatic carbocycles. The van der Waals surface area contributed by atoms with E-state index < -0.39 is 0 Å². The van der Waals surface area contributed by atoms with Crippen LogP contribution in [0.25, 0.3) is 22.1 Å². The number of imidazole rings is 2. The third-order valence-electron chi connectivity index (χ3n) is 4.61. The molecule has 0 aliphatic carbocycles. The van der Waals surface area contributed by atoms with Crippen LogP contribution < -0.4 is 0 Å². The average Bonchev–Trinajstić information content (AvgIpc) is 3.20. The molecular formula is C19H20ClN5. The number of fused-ring (bicyclic) bond motifs is 2. The molecular weight excluding hydrogens is 334 g/mol. The summed E-state index contributed by atoms with van der Waals surface area (Å²) in [6.45, 7) is 6.47. The molecule has 0 saturated heterocycles. The lowest BCUT2D eigenvalue weighted by molar-refractivity contribution is 0.707. The Kier molecular flexibility index (Phi) is 3.96. The van der Waals surface area contributed by atoms with Gasteiger partial charge in [0.05, 0.1) is 34.1 Å². The molecule has 3 aromatic heterocycles. The lowest BCUT2D eigenvalue weighted by atomic mass is 10.0. The molecule has 0 spiro atoms. The summed E-state index contributed by atoms with van der Waals surface area (Å²) in [4.78, 5) is 20.0. The summed E-state index contributed by atoms with van der Waals surface area (Å²) in [5.41, 5.74) is 5.94. The number of benzene rings is 1. The number of aromatic amines is 2. The van der Waals surface area contributed by atoms with E-state index in [0.29, 0.717) is 10.9 Å². The normalized spacial score (nSPS) is 13.2. The number of nitrogens with zero attached hydrogens (tertiary/aromatic N) is 3. The van der Waals surface area contributed by atoms with Gasteiger partial charge >= 0.3 is 0 Å².